The zero-order valence-electron chi connectivity index (χ0n) is 6.33. The average molecular weight is 270 g/mol. The van der Waals surface area contributed by atoms with Crippen LogP contribution in [0.5, 0.6) is 0 Å². The molecule has 0 saturated carbocycles. The molecule has 12 heavy (non-hydrogen) atoms. The molecule has 0 amide bonds. The summed E-state index contributed by atoms with van der Waals surface area (Å²) in [5.74, 6) is 0. The molecule has 0 aromatic heterocycles. The summed E-state index contributed by atoms with van der Waals surface area (Å²) >= 11 is 2.37. The van der Waals surface area contributed by atoms with E-state index in [1.807, 2.05) is 0 Å². The molecule has 2 heterocycles. The fourth-order valence-corrected chi connectivity index (χ4v) is 2.72. The van der Waals surface area contributed by atoms with Crippen molar-refractivity contribution in [3.05, 3.63) is 45.0 Å². The lowest BCUT2D eigenvalue weighted by Crippen LogP contribution is -1.94. The van der Waals surface area contributed by atoms with Crippen LogP contribution < -0.4 is 0 Å². The molecular formula is C10H7IO. The van der Waals surface area contributed by atoms with E-state index in [1.165, 1.54) is 14.7 Å². The van der Waals surface area contributed by atoms with Crippen LogP contribution in [0.25, 0.3) is 0 Å². The Morgan fingerprint density at radius 3 is 2.83 bits per heavy atom. The van der Waals surface area contributed by atoms with Gasteiger partial charge in [0.15, 0.2) is 0 Å². The van der Waals surface area contributed by atoms with Crippen LogP contribution in [0.2, 0.25) is 0 Å². The lowest BCUT2D eigenvalue weighted by atomic mass is 9.97. The highest BCUT2D eigenvalue weighted by Crippen LogP contribution is 2.47. The summed E-state index contributed by atoms with van der Waals surface area (Å²) in [6.45, 7) is 0. The van der Waals surface area contributed by atoms with Gasteiger partial charge in [0.05, 0.1) is 0 Å². The third kappa shape index (κ3) is 0.769. The Morgan fingerprint density at radius 1 is 1.17 bits per heavy atom. The Hall–Kier alpha value is -0.350. The second kappa shape index (κ2) is 2.33. The molecule has 2 aliphatic heterocycles. The van der Waals surface area contributed by atoms with E-state index in [2.05, 4.69) is 52.9 Å². The van der Waals surface area contributed by atoms with Crippen LogP contribution in [0.3, 0.4) is 0 Å². The van der Waals surface area contributed by atoms with Gasteiger partial charge in [0.1, 0.15) is 12.2 Å². The zero-order chi connectivity index (χ0) is 8.13. The van der Waals surface area contributed by atoms with E-state index in [4.69, 9.17) is 4.74 Å². The highest BCUT2D eigenvalue weighted by Gasteiger charge is 2.34. The monoisotopic (exact) mass is 270 g/mol. The number of rotatable bonds is 0. The fourth-order valence-electron chi connectivity index (χ4n) is 1.89. The van der Waals surface area contributed by atoms with Crippen LogP contribution in [0.4, 0.5) is 0 Å². The number of ether oxygens (including phenoxy) is 1. The quantitative estimate of drug-likeness (QED) is 0.520. The summed E-state index contributed by atoms with van der Waals surface area (Å²) in [5, 5.41) is 0. The first-order valence-corrected chi connectivity index (χ1v) is 5.06. The minimum atomic E-state index is 0.234. The first kappa shape index (κ1) is 7.09. The first-order valence-electron chi connectivity index (χ1n) is 3.98. The standard InChI is InChI=1S/C10H7IO/c11-7-3-1-2-6-8-4-5-9(12-8)10(6)7/h1-5,8-9H. The molecule has 0 N–H and O–H groups in total. The maximum absolute atomic E-state index is 5.71. The van der Waals surface area contributed by atoms with Gasteiger partial charge in [-0.15, -0.1) is 0 Å². The van der Waals surface area contributed by atoms with Crippen molar-refractivity contribution in [3.63, 3.8) is 0 Å². The minimum absolute atomic E-state index is 0.234. The van der Waals surface area contributed by atoms with Crippen LogP contribution in [0.1, 0.15) is 23.3 Å². The van der Waals surface area contributed by atoms with E-state index in [9.17, 15) is 0 Å². The van der Waals surface area contributed by atoms with Gasteiger partial charge in [0.25, 0.3) is 0 Å². The third-order valence-electron chi connectivity index (χ3n) is 2.43. The molecule has 1 aromatic rings. The van der Waals surface area contributed by atoms with E-state index < -0.39 is 0 Å². The first-order chi connectivity index (χ1) is 5.86. The third-order valence-corrected chi connectivity index (χ3v) is 3.37. The molecule has 2 atom stereocenters. The van der Waals surface area contributed by atoms with Crippen molar-refractivity contribution in [3.8, 4) is 0 Å². The summed E-state index contributed by atoms with van der Waals surface area (Å²) in [5.41, 5.74) is 2.74. The maximum Gasteiger partial charge on any atom is 0.103 e. The normalized spacial score (nSPS) is 29.4. The molecule has 0 radical (unpaired) electrons. The van der Waals surface area contributed by atoms with Gasteiger partial charge in [-0.05, 0) is 34.2 Å². The van der Waals surface area contributed by atoms with E-state index >= 15 is 0 Å². The smallest absolute Gasteiger partial charge is 0.103 e. The number of benzene rings is 1. The molecule has 0 saturated heterocycles. The molecule has 0 aliphatic carbocycles. The number of fused-ring (bicyclic) bond motifs is 5. The molecule has 2 aliphatic rings. The van der Waals surface area contributed by atoms with Gasteiger partial charge in [-0.3, -0.25) is 0 Å². The van der Waals surface area contributed by atoms with E-state index in [0.29, 0.717) is 0 Å². The predicted octanol–water partition coefficient (Wildman–Crippen LogP) is 2.97. The maximum atomic E-state index is 5.71. The van der Waals surface area contributed by atoms with Gasteiger partial charge in [-0.25, -0.2) is 0 Å². The molecular weight excluding hydrogens is 263 g/mol. The summed E-state index contributed by atoms with van der Waals surface area (Å²) < 4.78 is 7.03. The minimum Gasteiger partial charge on any atom is -0.357 e. The van der Waals surface area contributed by atoms with Crippen molar-refractivity contribution in [1.82, 2.24) is 0 Å². The molecule has 3 rings (SSSR count). The topological polar surface area (TPSA) is 9.23 Å². The molecule has 2 unspecified atom stereocenters. The zero-order valence-corrected chi connectivity index (χ0v) is 8.49. The Kier molecular flexibility index (Phi) is 1.37. The second-order valence-electron chi connectivity index (χ2n) is 3.10. The lowest BCUT2D eigenvalue weighted by Gasteiger charge is -2.07. The highest BCUT2D eigenvalue weighted by molar-refractivity contribution is 14.1. The van der Waals surface area contributed by atoms with Crippen LogP contribution in [0.15, 0.2) is 30.4 Å². The highest BCUT2D eigenvalue weighted by atomic mass is 127. The largest absolute Gasteiger partial charge is 0.357 e. The summed E-state index contributed by atoms with van der Waals surface area (Å²) in [6, 6.07) is 6.39. The van der Waals surface area contributed by atoms with Gasteiger partial charge in [-0.1, -0.05) is 24.3 Å². The van der Waals surface area contributed by atoms with Crippen LogP contribution in [-0.4, -0.2) is 0 Å². The van der Waals surface area contributed by atoms with Crippen LogP contribution in [-0.2, 0) is 4.74 Å². The molecule has 2 heteroatoms. The SMILES string of the molecule is Ic1cccc2c1C1C=CC2O1. The van der Waals surface area contributed by atoms with Gasteiger partial charge in [0, 0.05) is 9.13 Å². The van der Waals surface area contributed by atoms with Crippen molar-refractivity contribution in [2.24, 2.45) is 0 Å². The molecule has 1 nitrogen and oxygen atoms in total. The lowest BCUT2D eigenvalue weighted by molar-refractivity contribution is 0.0876. The number of halogens is 1. The Labute approximate surface area is 84.6 Å². The summed E-state index contributed by atoms with van der Waals surface area (Å²) in [4.78, 5) is 0. The Morgan fingerprint density at radius 2 is 2.00 bits per heavy atom. The molecule has 0 spiro atoms. The number of hydrogen-bond donors (Lipinski definition) is 0. The molecule has 60 valence electrons. The van der Waals surface area contributed by atoms with E-state index in [-0.39, 0.29) is 12.2 Å². The van der Waals surface area contributed by atoms with Crippen LogP contribution >= 0.6 is 22.6 Å². The number of hydrogen-bond acceptors (Lipinski definition) is 1. The van der Waals surface area contributed by atoms with Crippen molar-refractivity contribution in [2.75, 3.05) is 0 Å². The van der Waals surface area contributed by atoms with Gasteiger partial charge < -0.3 is 4.74 Å². The van der Waals surface area contributed by atoms with Crippen molar-refractivity contribution >= 4 is 22.6 Å². The van der Waals surface area contributed by atoms with Gasteiger partial charge in [0.2, 0.25) is 0 Å². The van der Waals surface area contributed by atoms with Crippen molar-refractivity contribution < 1.29 is 4.74 Å². The van der Waals surface area contributed by atoms with Crippen molar-refractivity contribution in [2.45, 2.75) is 12.2 Å². The molecule has 2 bridgehead atoms. The second-order valence-corrected chi connectivity index (χ2v) is 4.27. The fraction of sp³-hybridized carbons (Fsp3) is 0.200. The predicted molar refractivity (Wildman–Crippen MR) is 54.9 cm³/mol. The molecule has 0 fully saturated rings. The van der Waals surface area contributed by atoms with E-state index in [0.717, 1.165) is 0 Å². The van der Waals surface area contributed by atoms with Crippen molar-refractivity contribution in [1.29, 1.82) is 0 Å². The van der Waals surface area contributed by atoms with Gasteiger partial charge in [-0.2, -0.15) is 0 Å². The molecule has 1 aromatic carbocycles. The Bertz CT molecular complexity index is 370. The summed E-state index contributed by atoms with van der Waals surface area (Å²) in [7, 11) is 0. The van der Waals surface area contributed by atoms with Gasteiger partial charge >= 0.3 is 0 Å². The Balaban J connectivity index is 2.30. The average Bonchev–Trinajstić information content (AvgIpc) is 2.64. The van der Waals surface area contributed by atoms with Crippen LogP contribution in [0, 0.1) is 3.57 Å². The summed E-state index contributed by atoms with van der Waals surface area (Å²) in [6.07, 6.45) is 4.76. The van der Waals surface area contributed by atoms with E-state index in [1.54, 1.807) is 0 Å².